The van der Waals surface area contributed by atoms with Crippen molar-refractivity contribution in [1.29, 1.82) is 0 Å². The Morgan fingerprint density at radius 2 is 1.67 bits per heavy atom. The van der Waals surface area contributed by atoms with Gasteiger partial charge in [-0.2, -0.15) is 0 Å². The summed E-state index contributed by atoms with van der Waals surface area (Å²) in [5.41, 5.74) is 6.26. The summed E-state index contributed by atoms with van der Waals surface area (Å²) in [5.74, 6) is 0.0604. The van der Waals surface area contributed by atoms with Crippen LogP contribution in [0.3, 0.4) is 0 Å². The van der Waals surface area contributed by atoms with Gasteiger partial charge in [-0.3, -0.25) is 9.59 Å². The number of nitrogens with zero attached hydrogens (tertiary/aromatic N) is 2. The predicted octanol–water partition coefficient (Wildman–Crippen LogP) is 4.21. The van der Waals surface area contributed by atoms with Crippen LogP contribution < -0.4 is 20.4 Å². The van der Waals surface area contributed by atoms with Crippen LogP contribution in [-0.4, -0.2) is 49.0 Å². The lowest BCUT2D eigenvalue weighted by molar-refractivity contribution is -0.596. The highest BCUT2D eigenvalue weighted by molar-refractivity contribution is 6.30. The molecule has 1 aliphatic rings. The van der Waals surface area contributed by atoms with Crippen LogP contribution in [0.5, 0.6) is 5.75 Å². The molecule has 1 aliphatic heterocycles. The molecule has 2 amide bonds. The number of hydrogen-bond acceptors (Lipinski definition) is 4. The summed E-state index contributed by atoms with van der Waals surface area (Å²) in [6.45, 7) is 6.11. The zero-order chi connectivity index (χ0) is 25.7. The Hall–Kier alpha value is -3.84. The second-order valence-electron chi connectivity index (χ2n) is 8.45. The minimum absolute atomic E-state index is 0.297. The van der Waals surface area contributed by atoms with Crippen molar-refractivity contribution in [1.82, 2.24) is 10.7 Å². The molecule has 36 heavy (non-hydrogen) atoms. The summed E-state index contributed by atoms with van der Waals surface area (Å²) in [7, 11) is 1.60. The first-order chi connectivity index (χ1) is 17.4. The Bertz CT molecular complexity index is 1240. The smallest absolute Gasteiger partial charge is 0.304 e. The summed E-state index contributed by atoms with van der Waals surface area (Å²) in [4.78, 5) is 28.3. The van der Waals surface area contributed by atoms with Gasteiger partial charge in [-0.25, -0.2) is 0 Å². The lowest BCUT2D eigenvalue weighted by atomic mass is 9.99. The molecule has 2 atom stereocenters. The highest BCUT2D eigenvalue weighted by Crippen LogP contribution is 2.27. The largest absolute Gasteiger partial charge is 0.497 e. The minimum Gasteiger partial charge on any atom is -0.497 e. The fourth-order valence-corrected chi connectivity index (χ4v) is 4.45. The highest BCUT2D eigenvalue weighted by Gasteiger charge is 2.47. The van der Waals surface area contributed by atoms with Gasteiger partial charge in [-0.15, -0.1) is 10.1 Å². The van der Waals surface area contributed by atoms with Gasteiger partial charge in [0, 0.05) is 40.5 Å². The first kappa shape index (κ1) is 25.3. The number of ether oxygens (including phenoxy) is 1. The van der Waals surface area contributed by atoms with Crippen molar-refractivity contribution in [3.63, 3.8) is 0 Å². The van der Waals surface area contributed by atoms with Crippen molar-refractivity contribution < 1.29 is 19.0 Å². The molecule has 8 heteroatoms. The molecule has 1 saturated heterocycles. The number of hydrazone groups is 1. The van der Waals surface area contributed by atoms with Gasteiger partial charge in [0.05, 0.1) is 7.11 Å². The number of nitrogens with one attached hydrogen (secondary N) is 2. The van der Waals surface area contributed by atoms with Gasteiger partial charge in [0.1, 0.15) is 5.75 Å². The molecule has 0 spiro atoms. The van der Waals surface area contributed by atoms with Crippen LogP contribution in [0.1, 0.15) is 41.4 Å². The maximum Gasteiger partial charge on any atom is 0.304 e. The molecule has 3 aromatic rings. The third-order valence-corrected chi connectivity index (χ3v) is 6.55. The van der Waals surface area contributed by atoms with Gasteiger partial charge in [0.15, 0.2) is 6.04 Å². The van der Waals surface area contributed by atoms with Crippen molar-refractivity contribution in [3.05, 3.63) is 94.5 Å². The molecule has 0 aliphatic carbocycles. The summed E-state index contributed by atoms with van der Waals surface area (Å²) in [6, 6.07) is 20.9. The maximum atomic E-state index is 13.1. The molecule has 1 fully saturated rings. The number of anilines is 1. The maximum absolute atomic E-state index is 13.1. The van der Waals surface area contributed by atoms with Crippen molar-refractivity contribution in [2.24, 2.45) is 0 Å². The standard InChI is InChI=1S/C28H29ClN4O3/c1-4-32(5-2)23-14-6-19(7-15-23)18-33-26(20-10-16-24(36-3)17-11-20)25(28(35)31-33)30-27(34)21-8-12-22(29)13-9-21/h6-18,25-26H,4-5H2,1-3H3,(H-,30,31,34,35)/p+1/t25-,26+/m1/s1. The van der Waals surface area contributed by atoms with E-state index >= 15 is 0 Å². The third kappa shape index (κ3) is 5.52. The van der Waals surface area contributed by atoms with Crippen LogP contribution in [0.2, 0.25) is 5.02 Å². The zero-order valence-electron chi connectivity index (χ0n) is 20.6. The Labute approximate surface area is 216 Å². The molecular formula is C28H30ClN4O3+. The molecule has 0 unspecified atom stereocenters. The Morgan fingerprint density at radius 3 is 2.25 bits per heavy atom. The van der Waals surface area contributed by atoms with E-state index in [1.807, 2.05) is 42.6 Å². The van der Waals surface area contributed by atoms with Crippen molar-refractivity contribution in [3.8, 4) is 5.75 Å². The molecular weight excluding hydrogens is 476 g/mol. The summed E-state index contributed by atoms with van der Waals surface area (Å²) < 4.78 is 7.05. The summed E-state index contributed by atoms with van der Waals surface area (Å²) >= 11 is 5.96. The van der Waals surface area contributed by atoms with Gasteiger partial charge in [0.25, 0.3) is 5.91 Å². The molecule has 186 valence electrons. The van der Waals surface area contributed by atoms with Crippen molar-refractivity contribution in [2.45, 2.75) is 25.9 Å². The van der Waals surface area contributed by atoms with Crippen molar-refractivity contribution in [2.75, 3.05) is 25.1 Å². The summed E-state index contributed by atoms with van der Waals surface area (Å²) in [5, 5.41) is 3.44. The van der Waals surface area contributed by atoms with Crippen LogP contribution in [0.15, 0.2) is 72.8 Å². The Morgan fingerprint density at radius 1 is 1.03 bits per heavy atom. The van der Waals surface area contributed by atoms with Crippen LogP contribution in [0.25, 0.3) is 0 Å². The number of halogens is 1. The molecule has 1 heterocycles. The number of hydrazine groups is 1. The van der Waals surface area contributed by atoms with E-state index in [0.717, 1.165) is 29.9 Å². The Balaban J connectivity index is 1.67. The number of carbonyl (C=O) groups excluding carboxylic acids is 2. The quantitative estimate of drug-likeness (QED) is 0.450. The monoisotopic (exact) mass is 505 g/mol. The van der Waals surface area contributed by atoms with E-state index < -0.39 is 12.1 Å². The lowest BCUT2D eigenvalue weighted by Crippen LogP contribution is -2.42. The number of benzene rings is 3. The normalized spacial score (nSPS) is 18.1. The topological polar surface area (TPSA) is 73.7 Å². The van der Waals surface area contributed by atoms with Crippen LogP contribution in [0, 0.1) is 0 Å². The molecule has 4 rings (SSSR count). The highest BCUT2D eigenvalue weighted by atomic mass is 35.5. The van der Waals surface area contributed by atoms with E-state index in [-0.39, 0.29) is 11.8 Å². The first-order valence-electron chi connectivity index (χ1n) is 11.9. The second kappa shape index (κ2) is 11.3. The number of carbonyl (C=O) groups is 2. The SMILES string of the molecule is CCN(CC)c1ccc(/C=[N+]2\NC(=O)[C@H](NC(=O)c3ccc(Cl)cc3)[C@@H]2c2ccc(OC)cc2)cc1. The van der Waals surface area contributed by atoms with Gasteiger partial charge < -0.3 is 15.0 Å². The minimum atomic E-state index is -0.812. The first-order valence-corrected chi connectivity index (χ1v) is 12.3. The van der Waals surface area contributed by atoms with E-state index in [0.29, 0.717) is 16.3 Å². The van der Waals surface area contributed by atoms with Crippen LogP contribution >= 0.6 is 11.6 Å². The fourth-order valence-electron chi connectivity index (χ4n) is 4.33. The predicted molar refractivity (Wildman–Crippen MR) is 142 cm³/mol. The van der Waals surface area contributed by atoms with E-state index in [4.69, 9.17) is 16.3 Å². The van der Waals surface area contributed by atoms with Gasteiger partial charge >= 0.3 is 5.91 Å². The Kier molecular flexibility index (Phi) is 7.90. The number of rotatable bonds is 8. The van der Waals surface area contributed by atoms with E-state index in [1.165, 1.54) is 0 Å². The molecule has 0 aromatic heterocycles. The van der Waals surface area contributed by atoms with Gasteiger partial charge in [-0.1, -0.05) is 11.6 Å². The van der Waals surface area contributed by atoms with Gasteiger partial charge in [0.2, 0.25) is 12.3 Å². The number of hydrogen-bond donors (Lipinski definition) is 2. The zero-order valence-corrected chi connectivity index (χ0v) is 21.3. The average Bonchev–Trinajstić information content (AvgIpc) is 3.20. The molecule has 3 aromatic carbocycles. The van der Waals surface area contributed by atoms with E-state index in [9.17, 15) is 9.59 Å². The number of amides is 2. The van der Waals surface area contributed by atoms with Crippen LogP contribution in [0.4, 0.5) is 5.69 Å². The molecule has 0 saturated carbocycles. The summed E-state index contributed by atoms with van der Waals surface area (Å²) in [6.07, 6.45) is 1.88. The molecule has 0 bridgehead atoms. The average molecular weight is 506 g/mol. The molecule has 0 radical (unpaired) electrons. The van der Waals surface area contributed by atoms with E-state index in [1.54, 1.807) is 36.1 Å². The third-order valence-electron chi connectivity index (χ3n) is 6.30. The molecule has 7 nitrogen and oxygen atoms in total. The van der Waals surface area contributed by atoms with Crippen molar-refractivity contribution >= 4 is 35.3 Å². The van der Waals surface area contributed by atoms with E-state index in [2.05, 4.69) is 41.6 Å². The van der Waals surface area contributed by atoms with Crippen LogP contribution in [-0.2, 0) is 4.79 Å². The molecule has 2 N–H and O–H groups in total. The lowest BCUT2D eigenvalue weighted by Gasteiger charge is -2.20. The van der Waals surface area contributed by atoms with Gasteiger partial charge in [-0.05, 0) is 86.6 Å². The second-order valence-corrected chi connectivity index (χ2v) is 8.89. The number of methoxy groups -OCH3 is 1. The fraction of sp³-hybridized carbons (Fsp3) is 0.250.